The standard InChI is InChI=1S/C9H14N2O4/c1-6-3-7(15-11-6)4-10-5-9(2,14)8(12)13/h3,10,14H,4-5H2,1-2H3,(H,12,13). The highest BCUT2D eigenvalue weighted by molar-refractivity contribution is 5.76. The number of carboxylic acid groups (broad SMARTS) is 1. The number of nitrogens with one attached hydrogen (secondary N) is 1. The monoisotopic (exact) mass is 214 g/mol. The highest BCUT2D eigenvalue weighted by Crippen LogP contribution is 2.04. The van der Waals surface area contributed by atoms with E-state index >= 15 is 0 Å². The molecule has 0 aliphatic heterocycles. The van der Waals surface area contributed by atoms with Gasteiger partial charge in [0.05, 0.1) is 12.2 Å². The molecule has 0 fully saturated rings. The van der Waals surface area contributed by atoms with Crippen LogP contribution in [0.1, 0.15) is 18.4 Å². The molecule has 1 unspecified atom stereocenters. The lowest BCUT2D eigenvalue weighted by atomic mass is 10.1. The lowest BCUT2D eigenvalue weighted by Gasteiger charge is -2.17. The van der Waals surface area contributed by atoms with Crippen molar-refractivity contribution in [3.63, 3.8) is 0 Å². The molecule has 1 rings (SSSR count). The molecule has 1 atom stereocenters. The minimum Gasteiger partial charge on any atom is -0.479 e. The first-order valence-corrected chi connectivity index (χ1v) is 4.50. The average molecular weight is 214 g/mol. The van der Waals surface area contributed by atoms with Crippen LogP contribution in [0.2, 0.25) is 0 Å². The molecular weight excluding hydrogens is 200 g/mol. The Balaban J connectivity index is 2.36. The minimum absolute atomic E-state index is 0.0535. The summed E-state index contributed by atoms with van der Waals surface area (Å²) in [6, 6.07) is 1.74. The molecule has 1 aromatic rings. The maximum atomic E-state index is 10.5. The summed E-state index contributed by atoms with van der Waals surface area (Å²) in [6.07, 6.45) is 0. The van der Waals surface area contributed by atoms with Gasteiger partial charge in [0, 0.05) is 12.6 Å². The SMILES string of the molecule is Cc1cc(CNCC(C)(O)C(=O)O)on1. The highest BCUT2D eigenvalue weighted by Gasteiger charge is 2.29. The number of aromatic nitrogens is 1. The maximum Gasteiger partial charge on any atom is 0.336 e. The molecule has 15 heavy (non-hydrogen) atoms. The van der Waals surface area contributed by atoms with Crippen LogP contribution in [0.3, 0.4) is 0 Å². The van der Waals surface area contributed by atoms with Crippen molar-refractivity contribution in [1.82, 2.24) is 10.5 Å². The third-order valence-electron chi connectivity index (χ3n) is 1.91. The van der Waals surface area contributed by atoms with Crippen molar-refractivity contribution in [3.8, 4) is 0 Å². The van der Waals surface area contributed by atoms with Crippen LogP contribution in [0.4, 0.5) is 0 Å². The highest BCUT2D eigenvalue weighted by atomic mass is 16.5. The van der Waals surface area contributed by atoms with Gasteiger partial charge in [-0.05, 0) is 13.8 Å². The third kappa shape index (κ3) is 3.34. The number of rotatable bonds is 5. The van der Waals surface area contributed by atoms with Crippen molar-refractivity contribution < 1.29 is 19.5 Å². The second kappa shape index (κ2) is 4.41. The Bertz CT molecular complexity index is 346. The fourth-order valence-electron chi connectivity index (χ4n) is 1.00. The van der Waals surface area contributed by atoms with Gasteiger partial charge in [-0.3, -0.25) is 0 Å². The average Bonchev–Trinajstić information content (AvgIpc) is 2.51. The van der Waals surface area contributed by atoms with Gasteiger partial charge in [0.15, 0.2) is 11.4 Å². The summed E-state index contributed by atoms with van der Waals surface area (Å²) in [7, 11) is 0. The van der Waals surface area contributed by atoms with Gasteiger partial charge in [-0.2, -0.15) is 0 Å². The van der Waals surface area contributed by atoms with Crippen molar-refractivity contribution in [2.45, 2.75) is 26.0 Å². The molecule has 0 radical (unpaired) electrons. The van der Waals surface area contributed by atoms with Crippen molar-refractivity contribution in [1.29, 1.82) is 0 Å². The van der Waals surface area contributed by atoms with E-state index in [2.05, 4.69) is 10.5 Å². The summed E-state index contributed by atoms with van der Waals surface area (Å²) in [6.45, 7) is 3.31. The summed E-state index contributed by atoms with van der Waals surface area (Å²) in [5, 5.41) is 24.4. The largest absolute Gasteiger partial charge is 0.479 e. The predicted molar refractivity (Wildman–Crippen MR) is 51.2 cm³/mol. The molecule has 0 bridgehead atoms. The summed E-state index contributed by atoms with van der Waals surface area (Å²) >= 11 is 0. The first-order valence-electron chi connectivity index (χ1n) is 4.50. The molecule has 6 nitrogen and oxygen atoms in total. The van der Waals surface area contributed by atoms with Gasteiger partial charge in [-0.15, -0.1) is 0 Å². The molecule has 0 aliphatic rings. The zero-order chi connectivity index (χ0) is 11.5. The minimum atomic E-state index is -1.77. The van der Waals surface area contributed by atoms with E-state index < -0.39 is 11.6 Å². The molecule has 1 aromatic heterocycles. The van der Waals surface area contributed by atoms with E-state index in [9.17, 15) is 9.90 Å². The first-order chi connectivity index (χ1) is 6.92. The van der Waals surface area contributed by atoms with Gasteiger partial charge < -0.3 is 20.1 Å². The van der Waals surface area contributed by atoms with Gasteiger partial charge in [0.25, 0.3) is 0 Å². The maximum absolute atomic E-state index is 10.5. The zero-order valence-corrected chi connectivity index (χ0v) is 8.65. The van der Waals surface area contributed by atoms with E-state index in [0.717, 1.165) is 5.69 Å². The lowest BCUT2D eigenvalue weighted by Crippen LogP contribution is -2.44. The van der Waals surface area contributed by atoms with E-state index in [1.165, 1.54) is 6.92 Å². The molecule has 0 amide bonds. The second-order valence-electron chi connectivity index (χ2n) is 3.62. The van der Waals surface area contributed by atoms with Gasteiger partial charge in [-0.1, -0.05) is 5.16 Å². The lowest BCUT2D eigenvalue weighted by molar-refractivity contribution is -0.156. The summed E-state index contributed by atoms with van der Waals surface area (Å²) in [5.74, 6) is -0.655. The van der Waals surface area contributed by atoms with E-state index in [4.69, 9.17) is 9.63 Å². The van der Waals surface area contributed by atoms with E-state index in [1.54, 1.807) is 13.0 Å². The summed E-state index contributed by atoms with van der Waals surface area (Å²) in [4.78, 5) is 10.5. The summed E-state index contributed by atoms with van der Waals surface area (Å²) in [5.41, 5.74) is -1.01. The van der Waals surface area contributed by atoms with Crippen LogP contribution in [0.15, 0.2) is 10.6 Å². The Labute approximate surface area is 86.9 Å². The molecular formula is C9H14N2O4. The van der Waals surface area contributed by atoms with Crippen LogP contribution in [0.25, 0.3) is 0 Å². The quantitative estimate of drug-likeness (QED) is 0.634. The van der Waals surface area contributed by atoms with Crippen LogP contribution in [0, 0.1) is 6.92 Å². The number of hydrogen-bond donors (Lipinski definition) is 3. The number of carboxylic acids is 1. The molecule has 0 aliphatic carbocycles. The van der Waals surface area contributed by atoms with E-state index in [-0.39, 0.29) is 6.54 Å². The van der Waals surface area contributed by atoms with Gasteiger partial charge in [-0.25, -0.2) is 4.79 Å². The van der Waals surface area contributed by atoms with E-state index in [0.29, 0.717) is 12.3 Å². The Morgan fingerprint density at radius 1 is 1.73 bits per heavy atom. The van der Waals surface area contributed by atoms with Crippen LogP contribution < -0.4 is 5.32 Å². The molecule has 3 N–H and O–H groups in total. The van der Waals surface area contributed by atoms with Crippen molar-refractivity contribution in [2.75, 3.05) is 6.54 Å². The van der Waals surface area contributed by atoms with Gasteiger partial charge >= 0.3 is 5.97 Å². The Morgan fingerprint density at radius 2 is 2.40 bits per heavy atom. The zero-order valence-electron chi connectivity index (χ0n) is 8.65. The van der Waals surface area contributed by atoms with Crippen LogP contribution in [-0.2, 0) is 11.3 Å². The number of aryl methyl sites for hydroxylation is 1. The summed E-state index contributed by atoms with van der Waals surface area (Å²) < 4.78 is 4.90. The topological polar surface area (TPSA) is 95.6 Å². The van der Waals surface area contributed by atoms with Gasteiger partial charge in [0.1, 0.15) is 0 Å². The first kappa shape index (κ1) is 11.7. The molecule has 84 valence electrons. The Kier molecular flexibility index (Phi) is 3.43. The molecule has 0 aromatic carbocycles. The van der Waals surface area contributed by atoms with Crippen LogP contribution in [-0.4, -0.2) is 33.5 Å². The van der Waals surface area contributed by atoms with Crippen LogP contribution >= 0.6 is 0 Å². The third-order valence-corrected chi connectivity index (χ3v) is 1.91. The van der Waals surface area contributed by atoms with Crippen molar-refractivity contribution >= 4 is 5.97 Å². The Hall–Kier alpha value is -1.40. The van der Waals surface area contributed by atoms with Crippen LogP contribution in [0.5, 0.6) is 0 Å². The second-order valence-corrected chi connectivity index (χ2v) is 3.62. The number of carbonyl (C=O) groups is 1. The predicted octanol–water partition coefficient (Wildman–Crippen LogP) is -0.0918. The smallest absolute Gasteiger partial charge is 0.336 e. The van der Waals surface area contributed by atoms with Crippen molar-refractivity contribution in [3.05, 3.63) is 17.5 Å². The molecule has 0 saturated heterocycles. The fourth-order valence-corrected chi connectivity index (χ4v) is 1.00. The number of aliphatic carboxylic acids is 1. The van der Waals surface area contributed by atoms with E-state index in [1.807, 2.05) is 0 Å². The normalized spacial score (nSPS) is 14.9. The molecule has 6 heteroatoms. The van der Waals surface area contributed by atoms with Crippen molar-refractivity contribution in [2.24, 2.45) is 0 Å². The number of aliphatic hydroxyl groups is 1. The Morgan fingerprint density at radius 3 is 2.87 bits per heavy atom. The molecule has 0 spiro atoms. The van der Waals surface area contributed by atoms with Gasteiger partial charge in [0.2, 0.25) is 0 Å². The number of nitrogens with zero attached hydrogens (tertiary/aromatic N) is 1. The number of hydrogen-bond acceptors (Lipinski definition) is 5. The fraction of sp³-hybridized carbons (Fsp3) is 0.556. The molecule has 0 saturated carbocycles. The molecule has 1 heterocycles.